The topological polar surface area (TPSA) is 58.2 Å². The Morgan fingerprint density at radius 2 is 1.86 bits per heavy atom. The van der Waals surface area contributed by atoms with Crippen LogP contribution in [0.3, 0.4) is 0 Å². The first-order valence-electron chi connectivity index (χ1n) is 4.28. The van der Waals surface area contributed by atoms with Crippen molar-refractivity contribution in [2.24, 2.45) is 0 Å². The Bertz CT molecular complexity index is 322. The molecule has 74 valence electrons. The third-order valence-electron chi connectivity index (χ3n) is 1.56. The summed E-state index contributed by atoms with van der Waals surface area (Å²) >= 11 is 0. The lowest BCUT2D eigenvalue weighted by Gasteiger charge is -2.04. The summed E-state index contributed by atoms with van der Waals surface area (Å²) in [5.74, 6) is -0.445. The quantitative estimate of drug-likeness (QED) is 0.742. The summed E-state index contributed by atoms with van der Waals surface area (Å²) in [5, 5.41) is 5.06. The molecule has 0 aliphatic heterocycles. The number of carbonyl (C=O) groups excluding carboxylic acids is 2. The molecule has 0 unspecified atom stereocenters. The van der Waals surface area contributed by atoms with Gasteiger partial charge in [-0.2, -0.15) is 0 Å². The van der Waals surface area contributed by atoms with Crippen LogP contribution in [0.15, 0.2) is 30.3 Å². The van der Waals surface area contributed by atoms with Gasteiger partial charge in [-0.3, -0.25) is 9.59 Å². The number of benzene rings is 1. The molecule has 4 nitrogen and oxygen atoms in total. The number of hydrogen-bond acceptors (Lipinski definition) is 2. The highest BCUT2D eigenvalue weighted by Gasteiger charge is 2.01. The summed E-state index contributed by atoms with van der Waals surface area (Å²) in [4.78, 5) is 21.7. The van der Waals surface area contributed by atoms with Crippen LogP contribution in [-0.2, 0) is 9.59 Å². The van der Waals surface area contributed by atoms with Gasteiger partial charge in [-0.1, -0.05) is 18.2 Å². The van der Waals surface area contributed by atoms with Gasteiger partial charge in [0.15, 0.2) is 0 Å². The van der Waals surface area contributed by atoms with Crippen LogP contribution in [0.25, 0.3) is 0 Å². The second-order valence-corrected chi connectivity index (χ2v) is 2.82. The molecule has 2 N–H and O–H groups in total. The van der Waals surface area contributed by atoms with Crippen molar-refractivity contribution < 1.29 is 9.59 Å². The van der Waals surface area contributed by atoms with Crippen LogP contribution in [0.2, 0.25) is 0 Å². The average molecular weight is 192 g/mol. The first-order valence-corrected chi connectivity index (χ1v) is 4.28. The Kier molecular flexibility index (Phi) is 3.67. The van der Waals surface area contributed by atoms with Gasteiger partial charge in [0.2, 0.25) is 11.8 Å². The van der Waals surface area contributed by atoms with Gasteiger partial charge in [-0.25, -0.2) is 0 Å². The van der Waals surface area contributed by atoms with Gasteiger partial charge in [0, 0.05) is 12.6 Å². The summed E-state index contributed by atoms with van der Waals surface area (Å²) in [6.07, 6.45) is 0. The monoisotopic (exact) mass is 192 g/mol. The Hall–Kier alpha value is -1.84. The zero-order valence-corrected chi connectivity index (χ0v) is 7.91. The normalized spacial score (nSPS) is 9.21. The number of anilines is 1. The zero-order chi connectivity index (χ0) is 10.4. The molecular weight excluding hydrogens is 180 g/mol. The van der Waals surface area contributed by atoms with Gasteiger partial charge < -0.3 is 10.6 Å². The molecule has 14 heavy (non-hydrogen) atoms. The maximum absolute atomic E-state index is 11.2. The van der Waals surface area contributed by atoms with Crippen molar-refractivity contribution in [3.05, 3.63) is 30.3 Å². The lowest BCUT2D eigenvalue weighted by atomic mass is 10.3. The summed E-state index contributed by atoms with van der Waals surface area (Å²) < 4.78 is 0. The highest BCUT2D eigenvalue weighted by atomic mass is 16.2. The van der Waals surface area contributed by atoms with E-state index in [1.807, 2.05) is 18.2 Å². The molecule has 0 aromatic heterocycles. The number of rotatable bonds is 3. The van der Waals surface area contributed by atoms with E-state index in [9.17, 15) is 9.59 Å². The predicted octanol–water partition coefficient (Wildman–Crippen LogP) is 0.761. The molecule has 1 aromatic rings. The molecule has 0 saturated heterocycles. The van der Waals surface area contributed by atoms with Crippen LogP contribution in [0.4, 0.5) is 5.69 Å². The van der Waals surface area contributed by atoms with E-state index in [-0.39, 0.29) is 18.4 Å². The van der Waals surface area contributed by atoms with Crippen molar-refractivity contribution in [1.82, 2.24) is 5.32 Å². The molecule has 0 radical (unpaired) electrons. The van der Waals surface area contributed by atoms with Crippen molar-refractivity contribution >= 4 is 17.5 Å². The summed E-state index contributed by atoms with van der Waals surface area (Å²) in [6, 6.07) is 9.09. The van der Waals surface area contributed by atoms with E-state index in [0.29, 0.717) is 0 Å². The van der Waals surface area contributed by atoms with Gasteiger partial charge in [0.05, 0.1) is 6.54 Å². The fourth-order valence-corrected chi connectivity index (χ4v) is 0.931. The number of nitrogens with one attached hydrogen (secondary N) is 2. The lowest BCUT2D eigenvalue weighted by molar-refractivity contribution is -0.122. The van der Waals surface area contributed by atoms with E-state index in [1.165, 1.54) is 6.92 Å². The van der Waals surface area contributed by atoms with E-state index in [0.717, 1.165) is 5.69 Å². The van der Waals surface area contributed by atoms with Crippen LogP contribution >= 0.6 is 0 Å². The first-order chi connectivity index (χ1) is 6.68. The molecule has 1 rings (SSSR count). The highest BCUT2D eigenvalue weighted by Crippen LogP contribution is 2.03. The summed E-state index contributed by atoms with van der Waals surface area (Å²) in [7, 11) is 0. The number of hydrogen-bond donors (Lipinski definition) is 2. The standard InChI is InChI=1S/C10H12N2O2/c1-8(13)11-7-10(14)12-9-5-3-2-4-6-9/h2-6H,7H2,1H3,(H,11,13)(H,12,14). The third kappa shape index (κ3) is 3.71. The molecule has 0 atom stereocenters. The smallest absolute Gasteiger partial charge is 0.243 e. The number of para-hydroxylation sites is 1. The van der Waals surface area contributed by atoms with Crippen molar-refractivity contribution in [3.63, 3.8) is 0 Å². The maximum Gasteiger partial charge on any atom is 0.243 e. The molecule has 0 heterocycles. The lowest BCUT2D eigenvalue weighted by Crippen LogP contribution is -2.31. The second-order valence-electron chi connectivity index (χ2n) is 2.82. The Morgan fingerprint density at radius 1 is 1.21 bits per heavy atom. The van der Waals surface area contributed by atoms with E-state index < -0.39 is 0 Å². The van der Waals surface area contributed by atoms with Crippen LogP contribution in [0, 0.1) is 0 Å². The van der Waals surface area contributed by atoms with E-state index >= 15 is 0 Å². The SMILES string of the molecule is CC(=O)NCC(=O)Nc1ccccc1. The molecule has 0 aliphatic carbocycles. The average Bonchev–Trinajstić information content (AvgIpc) is 2.16. The van der Waals surface area contributed by atoms with Crippen molar-refractivity contribution in [3.8, 4) is 0 Å². The first kappa shape index (κ1) is 10.2. The molecular formula is C10H12N2O2. The Balaban J connectivity index is 2.38. The molecule has 0 saturated carbocycles. The molecule has 0 fully saturated rings. The minimum absolute atomic E-state index is 0.00419. The number of carbonyl (C=O) groups is 2. The molecule has 4 heteroatoms. The number of amides is 2. The highest BCUT2D eigenvalue weighted by molar-refractivity contribution is 5.94. The van der Waals surface area contributed by atoms with Gasteiger partial charge in [0.1, 0.15) is 0 Å². The van der Waals surface area contributed by atoms with Gasteiger partial charge >= 0.3 is 0 Å². The largest absolute Gasteiger partial charge is 0.347 e. The minimum atomic E-state index is -0.230. The van der Waals surface area contributed by atoms with E-state index in [4.69, 9.17) is 0 Å². The van der Waals surface area contributed by atoms with Gasteiger partial charge in [-0.05, 0) is 12.1 Å². The van der Waals surface area contributed by atoms with E-state index in [1.54, 1.807) is 12.1 Å². The van der Waals surface area contributed by atoms with Crippen LogP contribution < -0.4 is 10.6 Å². The van der Waals surface area contributed by atoms with E-state index in [2.05, 4.69) is 10.6 Å². The molecule has 0 aliphatic rings. The fourth-order valence-electron chi connectivity index (χ4n) is 0.931. The fraction of sp³-hybridized carbons (Fsp3) is 0.200. The molecule has 0 spiro atoms. The van der Waals surface area contributed by atoms with Gasteiger partial charge in [-0.15, -0.1) is 0 Å². The van der Waals surface area contributed by atoms with Crippen LogP contribution in [0.1, 0.15) is 6.92 Å². The van der Waals surface area contributed by atoms with Gasteiger partial charge in [0.25, 0.3) is 0 Å². The van der Waals surface area contributed by atoms with Crippen molar-refractivity contribution in [1.29, 1.82) is 0 Å². The summed E-state index contributed by atoms with van der Waals surface area (Å²) in [5.41, 5.74) is 0.725. The van der Waals surface area contributed by atoms with Crippen LogP contribution in [0.5, 0.6) is 0 Å². The van der Waals surface area contributed by atoms with Crippen molar-refractivity contribution in [2.45, 2.75) is 6.92 Å². The Labute approximate surface area is 82.3 Å². The second kappa shape index (κ2) is 5.01. The summed E-state index contributed by atoms with van der Waals surface area (Å²) in [6.45, 7) is 1.38. The molecule has 0 bridgehead atoms. The molecule has 2 amide bonds. The maximum atomic E-state index is 11.2. The van der Waals surface area contributed by atoms with Crippen molar-refractivity contribution in [2.75, 3.05) is 11.9 Å². The zero-order valence-electron chi connectivity index (χ0n) is 7.91. The Morgan fingerprint density at radius 3 is 2.43 bits per heavy atom. The third-order valence-corrected chi connectivity index (χ3v) is 1.56. The van der Waals surface area contributed by atoms with Crippen LogP contribution in [-0.4, -0.2) is 18.4 Å². The molecule has 1 aromatic carbocycles. The predicted molar refractivity (Wildman–Crippen MR) is 53.8 cm³/mol. The minimum Gasteiger partial charge on any atom is -0.347 e.